The second kappa shape index (κ2) is 9.57. The molecule has 1 N–H and O–H groups in total. The van der Waals surface area contributed by atoms with Crippen molar-refractivity contribution in [1.82, 2.24) is 4.90 Å². The molecule has 1 aliphatic heterocycles. The molecule has 2 aliphatic rings. The van der Waals surface area contributed by atoms with Crippen LogP contribution in [0.5, 0.6) is 0 Å². The summed E-state index contributed by atoms with van der Waals surface area (Å²) >= 11 is 0. The first-order chi connectivity index (χ1) is 11.3. The molecule has 0 saturated carbocycles. The van der Waals surface area contributed by atoms with Crippen LogP contribution in [0.1, 0.15) is 0 Å². The van der Waals surface area contributed by atoms with E-state index in [0.29, 0.717) is 39.6 Å². The molecule has 1 fully saturated rings. The standard InChI is InChI=1S/C16H23NO6/c18-6-8-22-10-12-23-11-9-21-7-5-17-15(19)13-3-1-2-4-14(13)16(17)20/h1-4,13-14,18H,5-12H2. The maximum Gasteiger partial charge on any atom is 0.237 e. The molecular weight excluding hydrogens is 302 g/mol. The van der Waals surface area contributed by atoms with Crippen LogP contribution in [0.2, 0.25) is 0 Å². The van der Waals surface area contributed by atoms with Gasteiger partial charge < -0.3 is 19.3 Å². The first-order valence-electron chi connectivity index (χ1n) is 7.80. The summed E-state index contributed by atoms with van der Waals surface area (Å²) in [5.74, 6) is -1.01. The van der Waals surface area contributed by atoms with Gasteiger partial charge in [0, 0.05) is 0 Å². The van der Waals surface area contributed by atoms with Gasteiger partial charge in [0.15, 0.2) is 0 Å². The van der Waals surface area contributed by atoms with Crippen LogP contribution in [0.4, 0.5) is 0 Å². The number of aliphatic hydroxyl groups excluding tert-OH is 1. The number of amides is 2. The number of likely N-dealkylation sites (tertiary alicyclic amines) is 1. The first kappa shape index (κ1) is 17.8. The van der Waals surface area contributed by atoms with Crippen molar-refractivity contribution in [2.75, 3.05) is 52.8 Å². The van der Waals surface area contributed by atoms with Crippen LogP contribution in [0.3, 0.4) is 0 Å². The number of carbonyl (C=O) groups excluding carboxylic acids is 2. The van der Waals surface area contributed by atoms with E-state index in [-0.39, 0.29) is 36.8 Å². The monoisotopic (exact) mass is 325 g/mol. The fraction of sp³-hybridized carbons (Fsp3) is 0.625. The Labute approximate surface area is 135 Å². The molecule has 2 rings (SSSR count). The summed E-state index contributed by atoms with van der Waals surface area (Å²) < 4.78 is 15.7. The molecular formula is C16H23NO6. The molecule has 0 aromatic heterocycles. The van der Waals surface area contributed by atoms with E-state index in [0.717, 1.165) is 0 Å². The maximum absolute atomic E-state index is 12.1. The normalized spacial score (nSPS) is 22.9. The van der Waals surface area contributed by atoms with E-state index in [2.05, 4.69) is 0 Å². The number of ether oxygens (including phenoxy) is 3. The van der Waals surface area contributed by atoms with E-state index in [1.807, 2.05) is 0 Å². The lowest BCUT2D eigenvalue weighted by molar-refractivity contribution is -0.140. The fourth-order valence-corrected chi connectivity index (χ4v) is 2.53. The zero-order valence-corrected chi connectivity index (χ0v) is 13.1. The summed E-state index contributed by atoms with van der Waals surface area (Å²) in [4.78, 5) is 25.6. The molecule has 2 unspecified atom stereocenters. The summed E-state index contributed by atoms with van der Waals surface area (Å²) in [5.41, 5.74) is 0. The molecule has 0 radical (unpaired) electrons. The van der Waals surface area contributed by atoms with Crippen LogP contribution in [0, 0.1) is 11.8 Å². The molecule has 0 spiro atoms. The number of carbonyl (C=O) groups is 2. The zero-order valence-electron chi connectivity index (χ0n) is 13.1. The Morgan fingerprint density at radius 1 is 0.826 bits per heavy atom. The summed E-state index contributed by atoms with van der Waals surface area (Å²) in [6.45, 7) is 2.56. The number of rotatable bonds is 11. The van der Waals surface area contributed by atoms with E-state index >= 15 is 0 Å². The highest BCUT2D eigenvalue weighted by Crippen LogP contribution is 2.30. The Kier molecular flexibility index (Phi) is 7.41. The third kappa shape index (κ3) is 4.97. The van der Waals surface area contributed by atoms with Crippen LogP contribution in [0.25, 0.3) is 0 Å². The summed E-state index contributed by atoms with van der Waals surface area (Å²) in [6.07, 6.45) is 7.15. The van der Waals surface area contributed by atoms with E-state index < -0.39 is 0 Å². The number of hydrogen-bond donors (Lipinski definition) is 1. The summed E-state index contributed by atoms with van der Waals surface area (Å²) in [5, 5.41) is 8.52. The Morgan fingerprint density at radius 2 is 1.30 bits per heavy atom. The molecule has 7 heteroatoms. The van der Waals surface area contributed by atoms with E-state index in [4.69, 9.17) is 19.3 Å². The lowest BCUT2D eigenvalue weighted by atomic mass is 9.91. The van der Waals surface area contributed by atoms with Gasteiger partial charge in [0.1, 0.15) is 0 Å². The highest BCUT2D eigenvalue weighted by molar-refractivity contribution is 6.07. The van der Waals surface area contributed by atoms with Gasteiger partial charge in [0.05, 0.1) is 64.6 Å². The van der Waals surface area contributed by atoms with Crippen molar-refractivity contribution in [2.24, 2.45) is 11.8 Å². The van der Waals surface area contributed by atoms with Crippen molar-refractivity contribution in [2.45, 2.75) is 0 Å². The van der Waals surface area contributed by atoms with E-state index in [1.54, 1.807) is 24.3 Å². The van der Waals surface area contributed by atoms with Crippen LogP contribution in [-0.4, -0.2) is 74.6 Å². The lowest BCUT2D eigenvalue weighted by Crippen LogP contribution is -2.34. The van der Waals surface area contributed by atoms with Gasteiger partial charge in [-0.15, -0.1) is 0 Å². The van der Waals surface area contributed by atoms with E-state index in [9.17, 15) is 9.59 Å². The molecule has 2 amide bonds. The SMILES string of the molecule is O=C1C2C=CC=CC2C(=O)N1CCOCCOCCOCCO. The maximum atomic E-state index is 12.1. The molecule has 1 heterocycles. The molecule has 0 bridgehead atoms. The van der Waals surface area contributed by atoms with Gasteiger partial charge in [-0.2, -0.15) is 0 Å². The Morgan fingerprint density at radius 3 is 1.83 bits per heavy atom. The van der Waals surface area contributed by atoms with Crippen LogP contribution in [-0.2, 0) is 23.8 Å². The van der Waals surface area contributed by atoms with Gasteiger partial charge in [-0.25, -0.2) is 0 Å². The van der Waals surface area contributed by atoms with E-state index in [1.165, 1.54) is 4.90 Å². The second-order valence-electron chi connectivity index (χ2n) is 5.21. The smallest absolute Gasteiger partial charge is 0.237 e. The fourth-order valence-electron chi connectivity index (χ4n) is 2.53. The number of hydrogen-bond acceptors (Lipinski definition) is 6. The third-order valence-electron chi connectivity index (χ3n) is 3.68. The molecule has 0 aromatic rings. The van der Waals surface area contributed by atoms with Crippen molar-refractivity contribution in [3.63, 3.8) is 0 Å². The minimum atomic E-state index is -0.352. The average Bonchev–Trinajstić information content (AvgIpc) is 2.81. The topological polar surface area (TPSA) is 85.3 Å². The molecule has 23 heavy (non-hydrogen) atoms. The summed E-state index contributed by atoms with van der Waals surface area (Å²) in [6, 6.07) is 0. The number of allylic oxidation sites excluding steroid dienone is 2. The van der Waals surface area contributed by atoms with Crippen molar-refractivity contribution in [3.8, 4) is 0 Å². The molecule has 0 aromatic carbocycles. The van der Waals surface area contributed by atoms with Crippen molar-refractivity contribution in [3.05, 3.63) is 24.3 Å². The Hall–Kier alpha value is -1.54. The minimum Gasteiger partial charge on any atom is -0.394 e. The van der Waals surface area contributed by atoms with Crippen LogP contribution in [0.15, 0.2) is 24.3 Å². The van der Waals surface area contributed by atoms with Gasteiger partial charge in [0.25, 0.3) is 0 Å². The zero-order chi connectivity index (χ0) is 16.5. The predicted octanol–water partition coefficient (Wildman–Crippen LogP) is -0.244. The third-order valence-corrected chi connectivity index (χ3v) is 3.68. The van der Waals surface area contributed by atoms with Gasteiger partial charge in [-0.05, 0) is 0 Å². The molecule has 128 valence electrons. The molecule has 7 nitrogen and oxygen atoms in total. The number of imide groups is 1. The predicted molar refractivity (Wildman–Crippen MR) is 81.5 cm³/mol. The van der Waals surface area contributed by atoms with Crippen LogP contribution >= 0.6 is 0 Å². The summed E-state index contributed by atoms with van der Waals surface area (Å²) in [7, 11) is 0. The highest BCUT2D eigenvalue weighted by Gasteiger charge is 2.45. The molecule has 1 saturated heterocycles. The highest BCUT2D eigenvalue weighted by atomic mass is 16.5. The van der Waals surface area contributed by atoms with Gasteiger partial charge in [-0.3, -0.25) is 14.5 Å². The molecule has 2 atom stereocenters. The molecule has 1 aliphatic carbocycles. The minimum absolute atomic E-state index is 0.00431. The van der Waals surface area contributed by atoms with Gasteiger partial charge in [0.2, 0.25) is 11.8 Å². The number of aliphatic hydroxyl groups is 1. The average molecular weight is 325 g/mol. The quantitative estimate of drug-likeness (QED) is 0.417. The van der Waals surface area contributed by atoms with Gasteiger partial charge in [-0.1, -0.05) is 24.3 Å². The van der Waals surface area contributed by atoms with Crippen molar-refractivity contribution in [1.29, 1.82) is 0 Å². The lowest BCUT2D eigenvalue weighted by Gasteiger charge is -2.14. The van der Waals surface area contributed by atoms with Crippen LogP contribution < -0.4 is 0 Å². The Bertz CT molecular complexity index is 431. The first-order valence-corrected chi connectivity index (χ1v) is 7.80. The largest absolute Gasteiger partial charge is 0.394 e. The van der Waals surface area contributed by atoms with Crippen molar-refractivity contribution >= 4 is 11.8 Å². The van der Waals surface area contributed by atoms with Gasteiger partial charge >= 0.3 is 0 Å². The number of nitrogens with zero attached hydrogens (tertiary/aromatic N) is 1. The second-order valence-corrected chi connectivity index (χ2v) is 5.21. The number of fused-ring (bicyclic) bond motifs is 1. The Balaban J connectivity index is 1.55. The van der Waals surface area contributed by atoms with Crippen molar-refractivity contribution < 1.29 is 28.9 Å².